The third kappa shape index (κ3) is 2.47. The van der Waals surface area contributed by atoms with Crippen LogP contribution in [-0.4, -0.2) is 18.2 Å². The predicted octanol–water partition coefficient (Wildman–Crippen LogP) is 2.92. The van der Waals surface area contributed by atoms with E-state index in [0.717, 1.165) is 18.5 Å². The lowest BCUT2D eigenvalue weighted by Crippen LogP contribution is -2.26. The summed E-state index contributed by atoms with van der Waals surface area (Å²) in [5, 5.41) is 10.2. The quantitative estimate of drug-likeness (QED) is 0.914. The fourth-order valence-electron chi connectivity index (χ4n) is 2.60. The first-order chi connectivity index (χ1) is 9.24. The topological polar surface area (TPSA) is 23.5 Å². The van der Waals surface area contributed by atoms with Crippen LogP contribution in [0.4, 0.5) is 10.1 Å². The number of aliphatic hydroxyl groups excluding tert-OH is 1. The zero-order valence-electron chi connectivity index (χ0n) is 10.6. The van der Waals surface area contributed by atoms with Crippen LogP contribution in [0.1, 0.15) is 17.2 Å². The summed E-state index contributed by atoms with van der Waals surface area (Å²) in [6.45, 7) is 1.47. The first kappa shape index (κ1) is 12.2. The molecule has 0 aliphatic carbocycles. The average Bonchev–Trinajstić information content (AvgIpc) is 2.83. The van der Waals surface area contributed by atoms with Gasteiger partial charge >= 0.3 is 0 Å². The van der Waals surface area contributed by atoms with Crippen LogP contribution in [0.2, 0.25) is 0 Å². The van der Waals surface area contributed by atoms with E-state index in [1.54, 1.807) is 12.1 Å². The summed E-state index contributed by atoms with van der Waals surface area (Å²) in [6.07, 6.45) is 0.429. The van der Waals surface area contributed by atoms with E-state index in [4.69, 9.17) is 0 Å². The van der Waals surface area contributed by atoms with Gasteiger partial charge in [0.1, 0.15) is 5.82 Å². The standard InChI is InChI=1S/C16H16FNO/c17-14-7-5-13(6-8-14)16(19)11-18-10-9-12-3-1-2-4-15(12)18/h1-8,16,19H,9-11H2. The number of hydrogen-bond donors (Lipinski definition) is 1. The van der Waals surface area contributed by atoms with Crippen molar-refractivity contribution in [3.63, 3.8) is 0 Å². The second-order valence-corrected chi connectivity index (χ2v) is 4.89. The highest BCUT2D eigenvalue weighted by Gasteiger charge is 2.21. The second-order valence-electron chi connectivity index (χ2n) is 4.89. The van der Waals surface area contributed by atoms with E-state index >= 15 is 0 Å². The van der Waals surface area contributed by atoms with E-state index in [2.05, 4.69) is 17.0 Å². The van der Waals surface area contributed by atoms with Crippen molar-refractivity contribution in [2.24, 2.45) is 0 Å². The predicted molar refractivity (Wildman–Crippen MR) is 73.7 cm³/mol. The molecule has 3 rings (SSSR count). The Labute approximate surface area is 112 Å². The number of hydrogen-bond acceptors (Lipinski definition) is 2. The van der Waals surface area contributed by atoms with Gasteiger partial charge < -0.3 is 10.0 Å². The molecule has 2 nitrogen and oxygen atoms in total. The molecule has 1 N–H and O–H groups in total. The second kappa shape index (κ2) is 5.02. The van der Waals surface area contributed by atoms with E-state index < -0.39 is 6.10 Å². The van der Waals surface area contributed by atoms with Gasteiger partial charge in [0.25, 0.3) is 0 Å². The van der Waals surface area contributed by atoms with Gasteiger partial charge in [-0.1, -0.05) is 30.3 Å². The summed E-state index contributed by atoms with van der Waals surface area (Å²) >= 11 is 0. The Kier molecular flexibility index (Phi) is 3.22. The van der Waals surface area contributed by atoms with Gasteiger partial charge in [-0.15, -0.1) is 0 Å². The van der Waals surface area contributed by atoms with Crippen LogP contribution in [0.25, 0.3) is 0 Å². The Morgan fingerprint density at radius 3 is 2.63 bits per heavy atom. The number of halogens is 1. The van der Waals surface area contributed by atoms with Gasteiger partial charge in [0.05, 0.1) is 6.10 Å². The van der Waals surface area contributed by atoms with E-state index in [1.165, 1.54) is 23.4 Å². The number of benzene rings is 2. The molecule has 0 saturated carbocycles. The maximum absolute atomic E-state index is 12.9. The van der Waals surface area contributed by atoms with Crippen LogP contribution in [0.15, 0.2) is 48.5 Å². The number of anilines is 1. The van der Waals surface area contributed by atoms with Gasteiger partial charge in [0, 0.05) is 18.8 Å². The molecule has 0 bridgehead atoms. The average molecular weight is 257 g/mol. The molecule has 0 radical (unpaired) electrons. The molecular formula is C16H16FNO. The van der Waals surface area contributed by atoms with Crippen molar-refractivity contribution < 1.29 is 9.50 Å². The van der Waals surface area contributed by atoms with Crippen LogP contribution in [0.3, 0.4) is 0 Å². The number of β-amino-alcohol motifs (C(OH)–C–C–N with tert-alkyl or cyclic N) is 1. The lowest BCUT2D eigenvalue weighted by atomic mass is 10.1. The zero-order valence-corrected chi connectivity index (χ0v) is 10.6. The molecular weight excluding hydrogens is 241 g/mol. The van der Waals surface area contributed by atoms with Crippen molar-refractivity contribution in [2.45, 2.75) is 12.5 Å². The highest BCUT2D eigenvalue weighted by Crippen LogP contribution is 2.29. The molecule has 0 amide bonds. The Morgan fingerprint density at radius 2 is 1.84 bits per heavy atom. The molecule has 98 valence electrons. The molecule has 0 aromatic heterocycles. The van der Waals surface area contributed by atoms with Crippen molar-refractivity contribution in [1.82, 2.24) is 0 Å². The fraction of sp³-hybridized carbons (Fsp3) is 0.250. The first-order valence-corrected chi connectivity index (χ1v) is 6.50. The number of rotatable bonds is 3. The third-order valence-electron chi connectivity index (χ3n) is 3.63. The van der Waals surface area contributed by atoms with Gasteiger partial charge in [-0.2, -0.15) is 0 Å². The summed E-state index contributed by atoms with van der Waals surface area (Å²) in [5.41, 5.74) is 3.28. The Morgan fingerprint density at radius 1 is 1.11 bits per heavy atom. The lowest BCUT2D eigenvalue weighted by Gasteiger charge is -2.23. The number of fused-ring (bicyclic) bond motifs is 1. The minimum absolute atomic E-state index is 0.275. The van der Waals surface area contributed by atoms with Gasteiger partial charge in [-0.3, -0.25) is 0 Å². The van der Waals surface area contributed by atoms with Gasteiger partial charge in [-0.25, -0.2) is 4.39 Å². The highest BCUT2D eigenvalue weighted by atomic mass is 19.1. The molecule has 1 unspecified atom stereocenters. The summed E-state index contributed by atoms with van der Waals surface area (Å²) in [6, 6.07) is 14.3. The largest absolute Gasteiger partial charge is 0.387 e. The van der Waals surface area contributed by atoms with Crippen molar-refractivity contribution in [1.29, 1.82) is 0 Å². The molecule has 1 aliphatic rings. The van der Waals surface area contributed by atoms with E-state index in [-0.39, 0.29) is 5.82 Å². The normalized spacial score (nSPS) is 15.4. The Balaban J connectivity index is 1.74. The zero-order chi connectivity index (χ0) is 13.2. The molecule has 3 heteroatoms. The maximum Gasteiger partial charge on any atom is 0.123 e. The number of nitrogens with zero attached hydrogens (tertiary/aromatic N) is 1. The smallest absolute Gasteiger partial charge is 0.123 e. The molecule has 2 aromatic rings. The van der Waals surface area contributed by atoms with Crippen LogP contribution in [0.5, 0.6) is 0 Å². The van der Waals surface area contributed by atoms with E-state index in [1.807, 2.05) is 12.1 Å². The minimum atomic E-state index is -0.591. The molecule has 19 heavy (non-hydrogen) atoms. The molecule has 1 atom stereocenters. The van der Waals surface area contributed by atoms with Gasteiger partial charge in [0.15, 0.2) is 0 Å². The molecule has 1 heterocycles. The summed E-state index contributed by atoms with van der Waals surface area (Å²) in [7, 11) is 0. The summed E-state index contributed by atoms with van der Waals surface area (Å²) in [4.78, 5) is 2.18. The fourth-order valence-corrected chi connectivity index (χ4v) is 2.60. The molecule has 0 saturated heterocycles. The van der Waals surface area contributed by atoms with Crippen molar-refractivity contribution >= 4 is 5.69 Å². The van der Waals surface area contributed by atoms with E-state index in [9.17, 15) is 9.50 Å². The van der Waals surface area contributed by atoms with Crippen molar-refractivity contribution in [2.75, 3.05) is 18.0 Å². The highest BCUT2D eigenvalue weighted by molar-refractivity contribution is 5.57. The van der Waals surface area contributed by atoms with Gasteiger partial charge in [0.2, 0.25) is 0 Å². The SMILES string of the molecule is OC(CN1CCc2ccccc21)c1ccc(F)cc1. The van der Waals surface area contributed by atoms with Crippen LogP contribution < -0.4 is 4.90 Å². The van der Waals surface area contributed by atoms with Gasteiger partial charge in [-0.05, 0) is 35.7 Å². The minimum Gasteiger partial charge on any atom is -0.387 e. The third-order valence-corrected chi connectivity index (χ3v) is 3.63. The van der Waals surface area contributed by atoms with Crippen molar-refractivity contribution in [3.05, 3.63) is 65.5 Å². The van der Waals surface area contributed by atoms with Crippen molar-refractivity contribution in [3.8, 4) is 0 Å². The lowest BCUT2D eigenvalue weighted by molar-refractivity contribution is 0.184. The Bertz CT molecular complexity index is 567. The number of aliphatic hydroxyl groups is 1. The van der Waals surface area contributed by atoms with Crippen LogP contribution in [-0.2, 0) is 6.42 Å². The Hall–Kier alpha value is -1.87. The first-order valence-electron chi connectivity index (χ1n) is 6.50. The maximum atomic E-state index is 12.9. The number of para-hydroxylation sites is 1. The van der Waals surface area contributed by atoms with E-state index in [0.29, 0.717) is 6.54 Å². The van der Waals surface area contributed by atoms with Crippen LogP contribution >= 0.6 is 0 Å². The molecule has 2 aromatic carbocycles. The molecule has 0 fully saturated rings. The summed E-state index contributed by atoms with van der Waals surface area (Å²) in [5.74, 6) is -0.275. The molecule has 0 spiro atoms. The monoisotopic (exact) mass is 257 g/mol. The van der Waals surface area contributed by atoms with Crippen LogP contribution in [0, 0.1) is 5.82 Å². The molecule has 1 aliphatic heterocycles. The summed E-state index contributed by atoms with van der Waals surface area (Å²) < 4.78 is 12.9.